The van der Waals surface area contributed by atoms with Crippen molar-refractivity contribution in [3.63, 3.8) is 0 Å². The second kappa shape index (κ2) is 5.89. The van der Waals surface area contributed by atoms with Gasteiger partial charge in [-0.15, -0.1) is 0 Å². The van der Waals surface area contributed by atoms with Crippen LogP contribution < -0.4 is 10.2 Å². The summed E-state index contributed by atoms with van der Waals surface area (Å²) in [6.45, 7) is 6.34. The Morgan fingerprint density at radius 1 is 1.50 bits per heavy atom. The van der Waals surface area contributed by atoms with E-state index in [4.69, 9.17) is 11.6 Å². The summed E-state index contributed by atoms with van der Waals surface area (Å²) in [6.07, 6.45) is 4.49. The van der Waals surface area contributed by atoms with E-state index in [0.717, 1.165) is 35.4 Å². The Balaban J connectivity index is 2.20. The molecule has 0 saturated heterocycles. The molecule has 0 bridgehead atoms. The van der Waals surface area contributed by atoms with Crippen LogP contribution in [0.15, 0.2) is 12.3 Å². The number of hydrogen-bond donors (Lipinski definition) is 1. The Labute approximate surface area is 115 Å². The molecule has 4 heteroatoms. The largest absolute Gasteiger partial charge is 0.354 e. The first kappa shape index (κ1) is 13.6. The van der Waals surface area contributed by atoms with E-state index in [1.165, 1.54) is 12.8 Å². The highest BCUT2D eigenvalue weighted by Gasteiger charge is 2.26. The molecule has 0 aliphatic heterocycles. The van der Waals surface area contributed by atoms with E-state index < -0.39 is 0 Å². The van der Waals surface area contributed by atoms with Crippen molar-refractivity contribution in [3.8, 4) is 0 Å². The van der Waals surface area contributed by atoms with E-state index in [1.54, 1.807) is 6.20 Å². The summed E-state index contributed by atoms with van der Waals surface area (Å²) in [4.78, 5) is 6.87. The molecule has 0 atom stereocenters. The first-order chi connectivity index (χ1) is 8.61. The predicted octanol–water partition coefficient (Wildman–Crippen LogP) is 3.08. The molecule has 1 N–H and O–H groups in total. The average molecular weight is 268 g/mol. The van der Waals surface area contributed by atoms with Gasteiger partial charge in [0.05, 0.1) is 5.02 Å². The number of halogens is 1. The summed E-state index contributed by atoms with van der Waals surface area (Å²) < 4.78 is 0. The molecule has 18 heavy (non-hydrogen) atoms. The molecule has 0 unspecified atom stereocenters. The third kappa shape index (κ3) is 3.36. The third-order valence-corrected chi connectivity index (χ3v) is 3.70. The Morgan fingerprint density at radius 3 is 2.78 bits per heavy atom. The Bertz CT molecular complexity index is 402. The van der Waals surface area contributed by atoms with E-state index in [1.807, 2.05) is 7.05 Å². The normalized spacial score (nSPS) is 15.2. The van der Waals surface area contributed by atoms with Gasteiger partial charge in [0.25, 0.3) is 0 Å². The van der Waals surface area contributed by atoms with Gasteiger partial charge in [-0.2, -0.15) is 0 Å². The number of anilines is 1. The van der Waals surface area contributed by atoms with Crippen LogP contribution in [0.3, 0.4) is 0 Å². The van der Waals surface area contributed by atoms with Crippen molar-refractivity contribution in [3.05, 3.63) is 22.8 Å². The molecule has 0 amide bonds. The fraction of sp³-hybridized carbons (Fsp3) is 0.643. The van der Waals surface area contributed by atoms with E-state index in [-0.39, 0.29) is 0 Å². The highest BCUT2D eigenvalue weighted by atomic mass is 35.5. The fourth-order valence-electron chi connectivity index (χ4n) is 2.10. The maximum Gasteiger partial charge on any atom is 0.129 e. The quantitative estimate of drug-likeness (QED) is 0.859. The van der Waals surface area contributed by atoms with Gasteiger partial charge in [-0.1, -0.05) is 11.6 Å². The summed E-state index contributed by atoms with van der Waals surface area (Å²) in [6, 6.07) is 2.59. The highest BCUT2D eigenvalue weighted by molar-refractivity contribution is 6.31. The monoisotopic (exact) mass is 267 g/mol. The number of pyridine rings is 1. The molecule has 0 radical (unpaired) electrons. The van der Waals surface area contributed by atoms with Crippen molar-refractivity contribution in [1.29, 1.82) is 0 Å². The second-order valence-corrected chi connectivity index (χ2v) is 5.76. The first-order valence-electron chi connectivity index (χ1n) is 6.67. The van der Waals surface area contributed by atoms with Crippen molar-refractivity contribution >= 4 is 17.4 Å². The molecule has 1 aliphatic carbocycles. The molecule has 0 aromatic carbocycles. The van der Waals surface area contributed by atoms with Gasteiger partial charge in [0.1, 0.15) is 5.82 Å². The van der Waals surface area contributed by atoms with Crippen molar-refractivity contribution in [2.75, 3.05) is 18.5 Å². The van der Waals surface area contributed by atoms with E-state index >= 15 is 0 Å². The smallest absolute Gasteiger partial charge is 0.129 e. The molecule has 2 rings (SSSR count). The Morgan fingerprint density at radius 2 is 2.22 bits per heavy atom. The molecule has 3 nitrogen and oxygen atoms in total. The molecule has 1 heterocycles. The lowest BCUT2D eigenvalue weighted by atomic mass is 10.2. The zero-order chi connectivity index (χ0) is 13.1. The molecular weight excluding hydrogens is 246 g/mol. The van der Waals surface area contributed by atoms with Crippen molar-refractivity contribution < 1.29 is 0 Å². The van der Waals surface area contributed by atoms with Crippen molar-refractivity contribution in [2.24, 2.45) is 5.92 Å². The lowest BCUT2D eigenvalue weighted by molar-refractivity contribution is 0.636. The molecule has 0 spiro atoms. The van der Waals surface area contributed by atoms with Crippen LogP contribution in [0.1, 0.15) is 32.3 Å². The number of nitrogens with one attached hydrogen (secondary N) is 1. The maximum absolute atomic E-state index is 6.16. The summed E-state index contributed by atoms with van der Waals surface area (Å²) in [5.41, 5.74) is 1.12. The molecule has 1 fully saturated rings. The molecule has 100 valence electrons. The predicted molar refractivity (Wildman–Crippen MR) is 77.2 cm³/mol. The minimum atomic E-state index is 0.474. The van der Waals surface area contributed by atoms with Gasteiger partial charge in [-0.05, 0) is 51.3 Å². The van der Waals surface area contributed by atoms with Crippen LogP contribution in [-0.2, 0) is 6.54 Å². The summed E-state index contributed by atoms with van der Waals surface area (Å²) in [5, 5.41) is 3.88. The first-order valence-corrected chi connectivity index (χ1v) is 7.05. The van der Waals surface area contributed by atoms with Crippen LogP contribution >= 0.6 is 11.6 Å². The molecule has 1 saturated carbocycles. The van der Waals surface area contributed by atoms with Crippen LogP contribution in [0.25, 0.3) is 0 Å². The van der Waals surface area contributed by atoms with Crippen LogP contribution in [0.2, 0.25) is 5.02 Å². The SMILES string of the molecule is CNCc1cc(N(CC2CC2)C(C)C)ncc1Cl. The van der Waals surface area contributed by atoms with E-state index in [0.29, 0.717) is 6.04 Å². The van der Waals surface area contributed by atoms with Crippen LogP contribution in [0.5, 0.6) is 0 Å². The van der Waals surface area contributed by atoms with Crippen LogP contribution in [-0.4, -0.2) is 24.6 Å². The average Bonchev–Trinajstić information content (AvgIpc) is 3.13. The number of aromatic nitrogens is 1. The van der Waals surface area contributed by atoms with Crippen LogP contribution in [0, 0.1) is 5.92 Å². The molecular formula is C14H22ClN3. The lowest BCUT2D eigenvalue weighted by Gasteiger charge is -2.28. The van der Waals surface area contributed by atoms with Gasteiger partial charge in [0, 0.05) is 25.3 Å². The number of nitrogens with zero attached hydrogens (tertiary/aromatic N) is 2. The Kier molecular flexibility index (Phi) is 4.46. The Hall–Kier alpha value is -0.800. The topological polar surface area (TPSA) is 28.2 Å². The van der Waals surface area contributed by atoms with Crippen molar-refractivity contribution in [2.45, 2.75) is 39.3 Å². The zero-order valence-electron chi connectivity index (χ0n) is 11.4. The molecule has 1 aromatic rings. The molecule has 1 aromatic heterocycles. The van der Waals surface area contributed by atoms with Gasteiger partial charge in [-0.3, -0.25) is 0 Å². The van der Waals surface area contributed by atoms with Crippen molar-refractivity contribution in [1.82, 2.24) is 10.3 Å². The minimum absolute atomic E-state index is 0.474. The fourth-order valence-corrected chi connectivity index (χ4v) is 2.27. The molecule has 1 aliphatic rings. The summed E-state index contributed by atoms with van der Waals surface area (Å²) >= 11 is 6.16. The van der Waals surface area contributed by atoms with Gasteiger partial charge in [-0.25, -0.2) is 4.98 Å². The number of hydrogen-bond acceptors (Lipinski definition) is 3. The maximum atomic E-state index is 6.16. The minimum Gasteiger partial charge on any atom is -0.354 e. The van der Waals surface area contributed by atoms with Gasteiger partial charge < -0.3 is 10.2 Å². The second-order valence-electron chi connectivity index (χ2n) is 5.35. The number of rotatable bonds is 6. The standard InChI is InChI=1S/C14H22ClN3/c1-10(2)18(9-11-4-5-11)14-6-12(7-16-3)13(15)8-17-14/h6,8,10-11,16H,4-5,7,9H2,1-3H3. The van der Waals surface area contributed by atoms with Gasteiger partial charge in [0.2, 0.25) is 0 Å². The van der Waals surface area contributed by atoms with Crippen LogP contribution in [0.4, 0.5) is 5.82 Å². The lowest BCUT2D eigenvalue weighted by Crippen LogP contribution is -2.33. The zero-order valence-corrected chi connectivity index (χ0v) is 12.2. The van der Waals surface area contributed by atoms with Gasteiger partial charge >= 0.3 is 0 Å². The summed E-state index contributed by atoms with van der Waals surface area (Å²) in [7, 11) is 1.93. The van der Waals surface area contributed by atoms with E-state index in [9.17, 15) is 0 Å². The van der Waals surface area contributed by atoms with E-state index in [2.05, 4.69) is 35.1 Å². The summed E-state index contributed by atoms with van der Waals surface area (Å²) in [5.74, 6) is 1.91. The van der Waals surface area contributed by atoms with Gasteiger partial charge in [0.15, 0.2) is 0 Å². The highest BCUT2D eigenvalue weighted by Crippen LogP contribution is 2.32. The third-order valence-electron chi connectivity index (χ3n) is 3.36.